The van der Waals surface area contributed by atoms with E-state index >= 15 is 0 Å². The molecule has 114 valence electrons. The molecule has 0 rings (SSSR count). The molecule has 7 heteroatoms. The molecule has 0 radical (unpaired) electrons. The van der Waals surface area contributed by atoms with Crippen LogP contribution in [0, 0.1) is 0 Å². The van der Waals surface area contributed by atoms with Crippen LogP contribution in [0.2, 0.25) is 0 Å². The molecule has 0 heterocycles. The van der Waals surface area contributed by atoms with E-state index in [2.05, 4.69) is 9.34 Å². The Bertz CT molecular complexity index is 370. The van der Waals surface area contributed by atoms with Crippen LogP contribution in [0.5, 0.6) is 0 Å². The summed E-state index contributed by atoms with van der Waals surface area (Å²) < 4.78 is 31.3. The minimum atomic E-state index is -3.32. The highest BCUT2D eigenvalue weighted by molar-refractivity contribution is 7.85. The third kappa shape index (κ3) is 15.1. The first-order chi connectivity index (χ1) is 8.60. The van der Waals surface area contributed by atoms with Gasteiger partial charge in [0.05, 0.1) is 19.5 Å². The van der Waals surface area contributed by atoms with Crippen molar-refractivity contribution < 1.29 is 22.2 Å². The van der Waals surface area contributed by atoms with Gasteiger partial charge in [0, 0.05) is 6.92 Å². The van der Waals surface area contributed by atoms with Crippen molar-refractivity contribution in [1.29, 1.82) is 0 Å². The van der Waals surface area contributed by atoms with Crippen molar-refractivity contribution >= 4 is 16.0 Å². The average Bonchev–Trinajstić information content (AvgIpc) is 2.22. The Morgan fingerprint density at radius 2 is 1.68 bits per heavy atom. The van der Waals surface area contributed by atoms with E-state index in [1.165, 1.54) is 0 Å². The topological polar surface area (TPSA) is 74.2 Å². The Balaban J connectivity index is 3.54. The SMILES string of the molecule is CC(=NOC(C)(C)C)OCCCCCOS(C)(=O)=O. The zero-order valence-corrected chi connectivity index (χ0v) is 13.2. The van der Waals surface area contributed by atoms with Crippen molar-refractivity contribution in [3.63, 3.8) is 0 Å². The fraction of sp³-hybridized carbons (Fsp3) is 0.917. The number of rotatable bonds is 8. The van der Waals surface area contributed by atoms with Gasteiger partial charge >= 0.3 is 0 Å². The average molecular weight is 295 g/mol. The van der Waals surface area contributed by atoms with E-state index < -0.39 is 10.1 Å². The molecule has 6 nitrogen and oxygen atoms in total. The molecule has 0 aromatic heterocycles. The molecule has 0 saturated heterocycles. The third-order valence-corrected chi connectivity index (χ3v) is 2.44. The Labute approximate surface area is 116 Å². The molecule has 0 aliphatic carbocycles. The van der Waals surface area contributed by atoms with Gasteiger partial charge in [-0.1, -0.05) is 5.16 Å². The maximum atomic E-state index is 10.7. The number of nitrogens with zero attached hydrogens (tertiary/aromatic N) is 1. The summed E-state index contributed by atoms with van der Waals surface area (Å²) in [7, 11) is -3.32. The van der Waals surface area contributed by atoms with Gasteiger partial charge in [-0.3, -0.25) is 4.18 Å². The van der Waals surface area contributed by atoms with Gasteiger partial charge in [0.15, 0.2) is 0 Å². The minimum Gasteiger partial charge on any atom is -0.479 e. The lowest BCUT2D eigenvalue weighted by molar-refractivity contribution is -0.00396. The van der Waals surface area contributed by atoms with Gasteiger partial charge < -0.3 is 9.57 Å². The van der Waals surface area contributed by atoms with Crippen molar-refractivity contribution in [2.24, 2.45) is 5.16 Å². The Morgan fingerprint density at radius 1 is 1.11 bits per heavy atom. The van der Waals surface area contributed by atoms with Gasteiger partial charge in [0.25, 0.3) is 10.1 Å². The first kappa shape index (κ1) is 18.2. The summed E-state index contributed by atoms with van der Waals surface area (Å²) >= 11 is 0. The predicted molar refractivity (Wildman–Crippen MR) is 74.5 cm³/mol. The summed E-state index contributed by atoms with van der Waals surface area (Å²) in [5, 5.41) is 3.85. The van der Waals surface area contributed by atoms with E-state index in [0.717, 1.165) is 19.1 Å². The Morgan fingerprint density at radius 3 is 2.21 bits per heavy atom. The van der Waals surface area contributed by atoms with Crippen LogP contribution in [0.25, 0.3) is 0 Å². The van der Waals surface area contributed by atoms with Gasteiger partial charge in [-0.15, -0.1) is 0 Å². The van der Waals surface area contributed by atoms with Crippen molar-refractivity contribution in [1.82, 2.24) is 0 Å². The van der Waals surface area contributed by atoms with Crippen LogP contribution >= 0.6 is 0 Å². The summed E-state index contributed by atoms with van der Waals surface area (Å²) in [5.41, 5.74) is -0.326. The smallest absolute Gasteiger partial charge is 0.264 e. The lowest BCUT2D eigenvalue weighted by atomic mass is 10.2. The largest absolute Gasteiger partial charge is 0.479 e. The second kappa shape index (κ2) is 8.37. The first-order valence-electron chi connectivity index (χ1n) is 6.30. The van der Waals surface area contributed by atoms with Crippen LogP contribution in [-0.2, 0) is 23.9 Å². The maximum Gasteiger partial charge on any atom is 0.264 e. The zero-order chi connectivity index (χ0) is 14.9. The molecule has 0 amide bonds. The molecule has 0 aromatic rings. The van der Waals surface area contributed by atoms with E-state index in [1.807, 2.05) is 20.8 Å². The second-order valence-corrected chi connectivity index (χ2v) is 6.89. The van der Waals surface area contributed by atoms with Gasteiger partial charge in [0.2, 0.25) is 5.90 Å². The molecule has 0 fully saturated rings. The summed E-state index contributed by atoms with van der Waals surface area (Å²) in [6, 6.07) is 0. The third-order valence-electron chi connectivity index (χ3n) is 1.85. The van der Waals surface area contributed by atoms with Crippen molar-refractivity contribution in [2.45, 2.75) is 52.6 Å². The van der Waals surface area contributed by atoms with Crippen LogP contribution in [0.4, 0.5) is 0 Å². The Kier molecular flexibility index (Phi) is 8.01. The van der Waals surface area contributed by atoms with Gasteiger partial charge in [-0.05, 0) is 40.0 Å². The van der Waals surface area contributed by atoms with E-state index in [9.17, 15) is 8.42 Å². The van der Waals surface area contributed by atoms with Gasteiger partial charge in [-0.2, -0.15) is 8.42 Å². The van der Waals surface area contributed by atoms with Crippen LogP contribution < -0.4 is 0 Å². The highest BCUT2D eigenvalue weighted by Crippen LogP contribution is 2.07. The first-order valence-corrected chi connectivity index (χ1v) is 8.12. The van der Waals surface area contributed by atoms with Crippen LogP contribution in [0.3, 0.4) is 0 Å². The standard InChI is InChI=1S/C12H25NO5S/c1-11(13-18-12(2,3)4)16-9-7-6-8-10-17-19(5,14)15/h6-10H2,1-5H3. The molecule has 0 aliphatic heterocycles. The molecule has 0 saturated carbocycles. The maximum absolute atomic E-state index is 10.7. The number of oxime groups is 1. The van der Waals surface area contributed by atoms with E-state index in [0.29, 0.717) is 18.9 Å². The highest BCUT2D eigenvalue weighted by Gasteiger charge is 2.10. The summed E-state index contributed by atoms with van der Waals surface area (Å²) in [6.07, 6.45) is 3.38. The fourth-order valence-corrected chi connectivity index (χ4v) is 1.46. The van der Waals surface area contributed by atoms with Crippen molar-refractivity contribution in [3.8, 4) is 0 Å². The molecule has 0 unspecified atom stereocenters. The summed E-state index contributed by atoms with van der Waals surface area (Å²) in [4.78, 5) is 5.20. The molecule has 0 bridgehead atoms. The van der Waals surface area contributed by atoms with Crippen molar-refractivity contribution in [2.75, 3.05) is 19.5 Å². The number of hydrogen-bond donors (Lipinski definition) is 0. The van der Waals surface area contributed by atoms with Crippen molar-refractivity contribution in [3.05, 3.63) is 0 Å². The number of hydrogen-bond acceptors (Lipinski definition) is 6. The van der Waals surface area contributed by atoms with Crippen LogP contribution in [-0.4, -0.2) is 39.4 Å². The molecule has 19 heavy (non-hydrogen) atoms. The van der Waals surface area contributed by atoms with E-state index in [-0.39, 0.29) is 12.2 Å². The van der Waals surface area contributed by atoms with E-state index in [1.54, 1.807) is 6.92 Å². The van der Waals surface area contributed by atoms with Crippen LogP contribution in [0.1, 0.15) is 47.0 Å². The monoisotopic (exact) mass is 295 g/mol. The minimum absolute atomic E-state index is 0.221. The second-order valence-electron chi connectivity index (χ2n) is 5.25. The molecule has 0 aromatic carbocycles. The molecular weight excluding hydrogens is 270 g/mol. The number of ether oxygens (including phenoxy) is 1. The number of unbranched alkanes of at least 4 members (excludes halogenated alkanes) is 2. The molecule has 0 spiro atoms. The summed E-state index contributed by atoms with van der Waals surface area (Å²) in [5.74, 6) is 0.488. The zero-order valence-electron chi connectivity index (χ0n) is 12.4. The molecular formula is C12H25NO5S. The molecule has 0 atom stereocenters. The van der Waals surface area contributed by atoms with Gasteiger partial charge in [-0.25, -0.2) is 0 Å². The fourth-order valence-electron chi connectivity index (χ4n) is 1.04. The highest BCUT2D eigenvalue weighted by atomic mass is 32.2. The van der Waals surface area contributed by atoms with E-state index in [4.69, 9.17) is 9.57 Å². The summed E-state index contributed by atoms with van der Waals surface area (Å²) in [6.45, 7) is 8.21. The molecule has 0 N–H and O–H groups in total. The lowest BCUT2D eigenvalue weighted by Crippen LogP contribution is -2.17. The van der Waals surface area contributed by atoms with Crippen LogP contribution in [0.15, 0.2) is 5.16 Å². The Hall–Kier alpha value is -0.820. The van der Waals surface area contributed by atoms with Gasteiger partial charge in [0.1, 0.15) is 5.60 Å². The quantitative estimate of drug-likeness (QED) is 0.226. The lowest BCUT2D eigenvalue weighted by Gasteiger charge is -2.16. The predicted octanol–water partition coefficient (Wildman–Crippen LogP) is 2.30. The normalized spacial score (nSPS) is 13.4. The molecule has 0 aliphatic rings.